The lowest BCUT2D eigenvalue weighted by atomic mass is 9.98. The molecule has 1 aliphatic carbocycles. The third kappa shape index (κ3) is 3.49. The topological polar surface area (TPSA) is 161 Å². The summed E-state index contributed by atoms with van der Waals surface area (Å²) < 4.78 is 31.0. The van der Waals surface area contributed by atoms with Gasteiger partial charge >= 0.3 is 0 Å². The third-order valence-electron chi connectivity index (χ3n) is 5.61. The smallest absolute Gasteiger partial charge is 0.296 e. The lowest BCUT2D eigenvalue weighted by molar-refractivity contribution is -0.384. The fourth-order valence-corrected chi connectivity index (χ4v) is 6.38. The van der Waals surface area contributed by atoms with Crippen LogP contribution in [-0.4, -0.2) is 41.2 Å². The van der Waals surface area contributed by atoms with Gasteiger partial charge in [-0.05, 0) is 43.0 Å². The Hall–Kier alpha value is -3.84. The van der Waals surface area contributed by atoms with Crippen molar-refractivity contribution in [1.29, 1.82) is 0 Å². The first-order valence-corrected chi connectivity index (χ1v) is 12.3. The molecule has 5 rings (SSSR count). The van der Waals surface area contributed by atoms with Crippen molar-refractivity contribution >= 4 is 43.7 Å². The van der Waals surface area contributed by atoms with E-state index in [0.717, 1.165) is 48.2 Å². The van der Waals surface area contributed by atoms with Crippen LogP contribution in [0.25, 0.3) is 0 Å². The maximum absolute atomic E-state index is 13.0. The fraction of sp³-hybridized carbons (Fsp3) is 0.190. The van der Waals surface area contributed by atoms with Gasteiger partial charge in [0.25, 0.3) is 11.6 Å². The van der Waals surface area contributed by atoms with Crippen molar-refractivity contribution in [3.8, 4) is 0 Å². The molecular formula is C21H15N3O8S2. The van der Waals surface area contributed by atoms with Gasteiger partial charge in [-0.1, -0.05) is 11.3 Å². The van der Waals surface area contributed by atoms with Crippen LogP contribution in [0.4, 0.5) is 10.8 Å². The van der Waals surface area contributed by atoms with E-state index < -0.39 is 38.3 Å². The molecule has 1 aliphatic heterocycles. The lowest BCUT2D eigenvalue weighted by Crippen LogP contribution is -2.38. The van der Waals surface area contributed by atoms with Gasteiger partial charge < -0.3 is 9.52 Å². The van der Waals surface area contributed by atoms with Gasteiger partial charge in [0.15, 0.2) is 16.7 Å². The van der Waals surface area contributed by atoms with Crippen molar-refractivity contribution in [2.45, 2.75) is 28.0 Å². The van der Waals surface area contributed by atoms with Crippen LogP contribution in [-0.2, 0) is 14.6 Å². The molecule has 2 aliphatic rings. The number of nitro groups is 1. The highest BCUT2D eigenvalue weighted by Crippen LogP contribution is 2.46. The molecule has 1 saturated carbocycles. The Morgan fingerprint density at radius 3 is 2.53 bits per heavy atom. The Morgan fingerprint density at radius 1 is 1.24 bits per heavy atom. The van der Waals surface area contributed by atoms with Gasteiger partial charge in [-0.15, -0.1) is 0 Å². The van der Waals surface area contributed by atoms with E-state index in [1.807, 2.05) is 0 Å². The molecule has 2 aromatic heterocycles. The second-order valence-corrected chi connectivity index (χ2v) is 10.9. The van der Waals surface area contributed by atoms with E-state index in [1.54, 1.807) is 0 Å². The normalized spacial score (nSPS) is 18.5. The highest BCUT2D eigenvalue weighted by Gasteiger charge is 2.51. The van der Waals surface area contributed by atoms with Crippen LogP contribution in [0.2, 0.25) is 0 Å². The van der Waals surface area contributed by atoms with Crippen molar-refractivity contribution in [2.24, 2.45) is 5.92 Å². The fourth-order valence-electron chi connectivity index (χ4n) is 3.82. The number of benzene rings is 1. The molecule has 1 fully saturated rings. The highest BCUT2D eigenvalue weighted by molar-refractivity contribution is 7.93. The number of nitro benzene ring substituents is 1. The first-order chi connectivity index (χ1) is 16.2. The number of amides is 1. The number of anilines is 1. The van der Waals surface area contributed by atoms with Gasteiger partial charge in [-0.25, -0.2) is 13.4 Å². The molecule has 13 heteroatoms. The number of carbonyl (C=O) groups is 2. The molecule has 1 atom stereocenters. The monoisotopic (exact) mass is 501 g/mol. The van der Waals surface area contributed by atoms with Gasteiger partial charge in [0.2, 0.25) is 15.6 Å². The molecule has 174 valence electrons. The van der Waals surface area contributed by atoms with Crippen LogP contribution in [0.5, 0.6) is 0 Å². The lowest BCUT2D eigenvalue weighted by Gasteiger charge is -2.23. The van der Waals surface area contributed by atoms with E-state index in [0.29, 0.717) is 11.3 Å². The summed E-state index contributed by atoms with van der Waals surface area (Å²) in [6, 6.07) is 6.54. The number of Topliss-reactive ketones (excluding diaryl/α,β-unsaturated/α-hetero) is 1. The van der Waals surface area contributed by atoms with Crippen molar-refractivity contribution in [1.82, 2.24) is 4.98 Å². The van der Waals surface area contributed by atoms with Crippen LogP contribution in [0.3, 0.4) is 0 Å². The van der Waals surface area contributed by atoms with E-state index >= 15 is 0 Å². The summed E-state index contributed by atoms with van der Waals surface area (Å²) >= 11 is 0.708. The summed E-state index contributed by atoms with van der Waals surface area (Å²) in [5.74, 6) is -2.30. The molecular weight excluding hydrogens is 486 g/mol. The molecule has 1 unspecified atom stereocenters. The standard InChI is InChI=1S/C21H15N3O8S2/c25-18(14-2-1-9-32-14)16-17(11-3-4-11)23(20(27)19(16)26)21-22-10-15(33-21)34(30,31)13-7-5-12(6-8-13)24(28)29/h1-2,5-11,17,26H,3-4H2. The Labute approximate surface area is 196 Å². The minimum atomic E-state index is -4.07. The quantitative estimate of drug-likeness (QED) is 0.291. The van der Waals surface area contributed by atoms with Crippen molar-refractivity contribution in [3.63, 3.8) is 0 Å². The molecule has 1 N–H and O–H groups in total. The number of sulfone groups is 1. The van der Waals surface area contributed by atoms with Crippen LogP contribution in [0.1, 0.15) is 23.4 Å². The van der Waals surface area contributed by atoms with Gasteiger partial charge in [-0.3, -0.25) is 24.6 Å². The Bertz CT molecular complexity index is 1450. The maximum atomic E-state index is 13.0. The number of aromatic nitrogens is 1. The van der Waals surface area contributed by atoms with Crippen LogP contribution in [0, 0.1) is 16.0 Å². The Morgan fingerprint density at radius 2 is 1.94 bits per heavy atom. The van der Waals surface area contributed by atoms with Crippen LogP contribution >= 0.6 is 11.3 Å². The zero-order valence-corrected chi connectivity index (χ0v) is 18.8. The summed E-state index contributed by atoms with van der Waals surface area (Å²) in [6.45, 7) is 0. The summed E-state index contributed by atoms with van der Waals surface area (Å²) in [6.07, 6.45) is 3.82. The number of ketones is 1. The molecule has 1 amide bonds. The Kier molecular flexibility index (Phi) is 5.10. The number of hydrogen-bond acceptors (Lipinski definition) is 10. The number of non-ortho nitro benzene ring substituents is 1. The molecule has 0 radical (unpaired) electrons. The van der Waals surface area contributed by atoms with Gasteiger partial charge in [0, 0.05) is 12.1 Å². The molecule has 0 bridgehead atoms. The summed E-state index contributed by atoms with van der Waals surface area (Å²) in [4.78, 5) is 41.2. The molecule has 0 saturated heterocycles. The van der Waals surface area contributed by atoms with E-state index in [2.05, 4.69) is 4.98 Å². The number of thiazole rings is 1. The Balaban J connectivity index is 1.49. The molecule has 3 heterocycles. The first-order valence-electron chi connectivity index (χ1n) is 10.0. The molecule has 34 heavy (non-hydrogen) atoms. The van der Waals surface area contributed by atoms with E-state index in [4.69, 9.17) is 4.42 Å². The van der Waals surface area contributed by atoms with Crippen molar-refractivity contribution < 1.29 is 32.5 Å². The van der Waals surface area contributed by atoms with Gasteiger partial charge in [0.05, 0.1) is 33.9 Å². The number of hydrogen-bond donors (Lipinski definition) is 1. The second-order valence-electron chi connectivity index (χ2n) is 7.74. The number of aliphatic hydroxyl groups is 1. The van der Waals surface area contributed by atoms with Crippen molar-refractivity contribution in [2.75, 3.05) is 4.90 Å². The van der Waals surface area contributed by atoms with Gasteiger partial charge in [-0.2, -0.15) is 0 Å². The molecule has 3 aromatic rings. The molecule has 11 nitrogen and oxygen atoms in total. The number of furan rings is 1. The van der Waals surface area contributed by atoms with Crippen molar-refractivity contribution in [3.05, 3.63) is 76.1 Å². The van der Waals surface area contributed by atoms with Crippen LogP contribution < -0.4 is 4.90 Å². The minimum Gasteiger partial charge on any atom is -0.503 e. The minimum absolute atomic E-state index is 0.0104. The predicted octanol–water partition coefficient (Wildman–Crippen LogP) is 3.30. The van der Waals surface area contributed by atoms with E-state index in [1.165, 1.54) is 18.4 Å². The maximum Gasteiger partial charge on any atom is 0.296 e. The third-order valence-corrected chi connectivity index (χ3v) is 8.84. The number of rotatable bonds is 7. The van der Waals surface area contributed by atoms with E-state index in [9.17, 15) is 33.2 Å². The average Bonchev–Trinajstić information content (AvgIpc) is 3.21. The molecule has 0 spiro atoms. The largest absolute Gasteiger partial charge is 0.503 e. The summed E-state index contributed by atoms with van der Waals surface area (Å²) in [5, 5.41) is 21.4. The van der Waals surface area contributed by atoms with E-state index in [-0.39, 0.29) is 37.2 Å². The second kappa shape index (κ2) is 7.88. The number of aliphatic hydroxyl groups excluding tert-OH is 1. The molecule has 1 aromatic carbocycles. The zero-order chi connectivity index (χ0) is 24.2. The summed E-state index contributed by atoms with van der Waals surface area (Å²) in [7, 11) is -4.07. The SMILES string of the molecule is O=C(C1=C(O)C(=O)N(c2ncc(S(=O)(=O)c3ccc([N+](=O)[O-])cc3)s2)C1C1CC1)c1ccco1. The first kappa shape index (κ1) is 22.0. The predicted molar refractivity (Wildman–Crippen MR) is 117 cm³/mol. The van der Waals surface area contributed by atoms with Crippen LogP contribution in [0.15, 0.2) is 73.7 Å². The number of carbonyl (C=O) groups excluding carboxylic acids is 2. The number of nitrogens with zero attached hydrogens (tertiary/aromatic N) is 3. The highest BCUT2D eigenvalue weighted by atomic mass is 32.2. The average molecular weight is 501 g/mol. The van der Waals surface area contributed by atoms with Gasteiger partial charge in [0.1, 0.15) is 4.21 Å². The summed E-state index contributed by atoms with van der Waals surface area (Å²) in [5.41, 5.74) is -0.355. The zero-order valence-electron chi connectivity index (χ0n) is 17.2.